The van der Waals surface area contributed by atoms with Gasteiger partial charge < -0.3 is 10.0 Å². The van der Waals surface area contributed by atoms with Crippen molar-refractivity contribution in [2.24, 2.45) is 0 Å². The maximum atomic E-state index is 12.5. The van der Waals surface area contributed by atoms with Crippen molar-refractivity contribution in [3.05, 3.63) is 53.0 Å². The van der Waals surface area contributed by atoms with E-state index in [9.17, 15) is 9.59 Å². The lowest BCUT2D eigenvalue weighted by Gasteiger charge is -2.21. The fourth-order valence-corrected chi connectivity index (χ4v) is 3.72. The molecule has 0 aliphatic carbocycles. The topological polar surface area (TPSA) is 60.9 Å². The summed E-state index contributed by atoms with van der Waals surface area (Å²) in [5.74, 6) is -0.265. The van der Waals surface area contributed by atoms with E-state index in [0.717, 1.165) is 5.56 Å². The highest BCUT2D eigenvalue weighted by Crippen LogP contribution is 2.31. The van der Waals surface area contributed by atoms with Gasteiger partial charge in [-0.1, -0.05) is 66.5 Å². The van der Waals surface area contributed by atoms with Crippen LogP contribution >= 0.6 is 24.0 Å². The van der Waals surface area contributed by atoms with E-state index in [0.29, 0.717) is 22.3 Å². The molecule has 0 aromatic heterocycles. The average molecular weight is 391 g/mol. The lowest BCUT2D eigenvalue weighted by molar-refractivity contribution is -0.132. The molecule has 1 heterocycles. The molecule has 0 saturated carbocycles. The first-order chi connectivity index (χ1) is 12.6. The van der Waals surface area contributed by atoms with Crippen LogP contribution in [0.1, 0.15) is 18.9 Å². The van der Waals surface area contributed by atoms with Gasteiger partial charge in [-0.3, -0.25) is 14.5 Å². The number of carbonyl (C=O) groups excluding carboxylic acids is 2. The molecule has 0 unspecified atom stereocenters. The summed E-state index contributed by atoms with van der Waals surface area (Å²) >= 11 is 6.52. The lowest BCUT2D eigenvalue weighted by atomic mass is 10.2. The van der Waals surface area contributed by atoms with Crippen LogP contribution in [0.15, 0.2) is 47.4 Å². The third-order valence-corrected chi connectivity index (χ3v) is 5.26. The molecule has 1 aliphatic rings. The molecular weight excluding hydrogens is 368 g/mol. The summed E-state index contributed by atoms with van der Waals surface area (Å²) in [6.07, 6.45) is 5.68. The minimum absolute atomic E-state index is 0.0723. The van der Waals surface area contributed by atoms with E-state index in [2.05, 4.69) is 0 Å². The number of likely N-dealkylation sites (N-methyl/N-ethyl adjacent to an activating group) is 1. The van der Waals surface area contributed by atoms with Crippen LogP contribution in [0.2, 0.25) is 0 Å². The average Bonchev–Trinajstić information content (AvgIpc) is 2.92. The van der Waals surface area contributed by atoms with Crippen LogP contribution in [-0.4, -0.2) is 57.3 Å². The fraction of sp³-hybridized carbons (Fsp3) is 0.316. The van der Waals surface area contributed by atoms with E-state index in [1.165, 1.54) is 16.7 Å². The standard InChI is InChI=1S/C19H22N2O3S2/c1-2-20(13-14-22)17(23)11-12-21-18(24)16(26-19(21)25)10-6-9-15-7-4-3-5-8-15/h3-10,22H,2,11-14H2,1H3. The SMILES string of the molecule is CCN(CCO)C(=O)CCN1C(=O)C(=CC=Cc2ccccc2)SC1=S. The van der Waals surface area contributed by atoms with E-state index < -0.39 is 0 Å². The predicted molar refractivity (Wildman–Crippen MR) is 109 cm³/mol. The molecule has 26 heavy (non-hydrogen) atoms. The van der Waals surface area contributed by atoms with Gasteiger partial charge >= 0.3 is 0 Å². The van der Waals surface area contributed by atoms with Gasteiger partial charge in [0, 0.05) is 26.1 Å². The molecule has 2 amide bonds. The van der Waals surface area contributed by atoms with E-state index >= 15 is 0 Å². The maximum absolute atomic E-state index is 12.5. The monoisotopic (exact) mass is 390 g/mol. The number of thioether (sulfide) groups is 1. The van der Waals surface area contributed by atoms with Crippen molar-refractivity contribution < 1.29 is 14.7 Å². The second kappa shape index (κ2) is 10.3. The van der Waals surface area contributed by atoms with Gasteiger partial charge in [-0.2, -0.15) is 0 Å². The molecule has 1 aromatic rings. The quantitative estimate of drug-likeness (QED) is 0.546. The summed E-state index contributed by atoms with van der Waals surface area (Å²) in [5.41, 5.74) is 1.05. The summed E-state index contributed by atoms with van der Waals surface area (Å²) in [4.78, 5) is 28.2. The van der Waals surface area contributed by atoms with Gasteiger partial charge in [0.25, 0.3) is 5.91 Å². The molecule has 0 bridgehead atoms. The van der Waals surface area contributed by atoms with Crippen LogP contribution in [0.5, 0.6) is 0 Å². The molecule has 1 fully saturated rings. The van der Waals surface area contributed by atoms with Gasteiger partial charge in [-0.15, -0.1) is 0 Å². The van der Waals surface area contributed by atoms with Crippen molar-refractivity contribution in [3.8, 4) is 0 Å². The summed E-state index contributed by atoms with van der Waals surface area (Å²) in [6, 6.07) is 9.81. The normalized spacial score (nSPS) is 16.1. The molecule has 1 aliphatic heterocycles. The van der Waals surface area contributed by atoms with Crippen LogP contribution in [0, 0.1) is 0 Å². The van der Waals surface area contributed by atoms with Gasteiger partial charge in [0.15, 0.2) is 0 Å². The minimum atomic E-state index is -0.171. The Morgan fingerprint density at radius 2 is 2.08 bits per heavy atom. The summed E-state index contributed by atoms with van der Waals surface area (Å²) in [6.45, 7) is 2.87. The Bertz CT molecular complexity index is 717. The zero-order valence-electron chi connectivity index (χ0n) is 14.6. The number of aliphatic hydroxyl groups is 1. The van der Waals surface area contributed by atoms with Crippen LogP contribution in [0.25, 0.3) is 6.08 Å². The molecule has 1 saturated heterocycles. The van der Waals surface area contributed by atoms with Crippen molar-refractivity contribution in [2.75, 3.05) is 26.2 Å². The van der Waals surface area contributed by atoms with E-state index in [4.69, 9.17) is 17.3 Å². The minimum Gasteiger partial charge on any atom is -0.395 e. The highest BCUT2D eigenvalue weighted by Gasteiger charge is 2.31. The second-order valence-electron chi connectivity index (χ2n) is 5.57. The van der Waals surface area contributed by atoms with E-state index in [-0.39, 0.29) is 31.4 Å². The number of nitrogens with zero attached hydrogens (tertiary/aromatic N) is 2. The Labute approximate surface area is 163 Å². The zero-order valence-corrected chi connectivity index (χ0v) is 16.3. The smallest absolute Gasteiger partial charge is 0.266 e. The fourth-order valence-electron chi connectivity index (χ4n) is 2.46. The molecule has 1 N–H and O–H groups in total. The van der Waals surface area contributed by atoms with Crippen molar-refractivity contribution in [3.63, 3.8) is 0 Å². The number of carbonyl (C=O) groups is 2. The first kappa shape index (κ1) is 20.4. The summed E-state index contributed by atoms with van der Waals surface area (Å²) in [5, 5.41) is 8.98. The first-order valence-corrected chi connectivity index (χ1v) is 9.65. The highest BCUT2D eigenvalue weighted by atomic mass is 32.2. The van der Waals surface area contributed by atoms with Crippen LogP contribution in [-0.2, 0) is 9.59 Å². The molecule has 0 atom stereocenters. The second-order valence-corrected chi connectivity index (χ2v) is 7.25. The zero-order chi connectivity index (χ0) is 18.9. The van der Waals surface area contributed by atoms with Crippen LogP contribution < -0.4 is 0 Å². The Balaban J connectivity index is 1.94. The van der Waals surface area contributed by atoms with Gasteiger partial charge in [-0.05, 0) is 18.6 Å². The number of rotatable bonds is 8. The molecule has 7 heteroatoms. The summed E-state index contributed by atoms with van der Waals surface area (Å²) in [7, 11) is 0. The van der Waals surface area contributed by atoms with Crippen molar-refractivity contribution in [1.82, 2.24) is 9.80 Å². The number of aliphatic hydroxyl groups excluding tert-OH is 1. The predicted octanol–water partition coefficient (Wildman–Crippen LogP) is 2.67. The van der Waals surface area contributed by atoms with Gasteiger partial charge in [0.2, 0.25) is 5.91 Å². The molecule has 0 radical (unpaired) electrons. The lowest BCUT2D eigenvalue weighted by Crippen LogP contribution is -2.37. The Kier molecular flexibility index (Phi) is 8.03. The van der Waals surface area contributed by atoms with Crippen molar-refractivity contribution in [2.45, 2.75) is 13.3 Å². The third kappa shape index (κ3) is 5.52. The van der Waals surface area contributed by atoms with Gasteiger partial charge in [0.05, 0.1) is 11.5 Å². The first-order valence-electron chi connectivity index (χ1n) is 8.42. The molecule has 2 rings (SSSR count). The number of hydrogen-bond acceptors (Lipinski definition) is 5. The Morgan fingerprint density at radius 1 is 1.35 bits per heavy atom. The van der Waals surface area contributed by atoms with Crippen molar-refractivity contribution in [1.29, 1.82) is 0 Å². The third-order valence-electron chi connectivity index (χ3n) is 3.86. The molecular formula is C19H22N2O3S2. The van der Waals surface area contributed by atoms with Crippen LogP contribution in [0.3, 0.4) is 0 Å². The van der Waals surface area contributed by atoms with Crippen molar-refractivity contribution >= 4 is 46.2 Å². The Morgan fingerprint density at radius 3 is 2.73 bits per heavy atom. The van der Waals surface area contributed by atoms with E-state index in [1.54, 1.807) is 11.0 Å². The molecule has 1 aromatic carbocycles. The number of thiocarbonyl (C=S) groups is 1. The number of allylic oxidation sites excluding steroid dienone is 2. The maximum Gasteiger partial charge on any atom is 0.266 e. The summed E-state index contributed by atoms with van der Waals surface area (Å²) < 4.78 is 0.465. The van der Waals surface area contributed by atoms with Gasteiger partial charge in [0.1, 0.15) is 4.32 Å². The Hall–Kier alpha value is -1.96. The number of hydrogen-bond donors (Lipinski definition) is 1. The van der Waals surface area contributed by atoms with E-state index in [1.807, 2.05) is 49.4 Å². The molecule has 5 nitrogen and oxygen atoms in total. The van der Waals surface area contributed by atoms with Gasteiger partial charge in [-0.25, -0.2) is 0 Å². The number of amides is 2. The molecule has 0 spiro atoms. The molecule has 138 valence electrons. The largest absolute Gasteiger partial charge is 0.395 e. The van der Waals surface area contributed by atoms with Crippen LogP contribution in [0.4, 0.5) is 0 Å². The highest BCUT2D eigenvalue weighted by molar-refractivity contribution is 8.26. The number of benzene rings is 1.